The lowest BCUT2D eigenvalue weighted by Crippen LogP contribution is -2.41. The van der Waals surface area contributed by atoms with E-state index < -0.39 is 27.1 Å². The van der Waals surface area contributed by atoms with Crippen molar-refractivity contribution in [2.75, 3.05) is 6.61 Å². The van der Waals surface area contributed by atoms with E-state index in [9.17, 15) is 17.8 Å². The molecule has 0 amide bonds. The normalized spacial score (nSPS) is 28.3. The second-order valence-corrected chi connectivity index (χ2v) is 6.89. The van der Waals surface area contributed by atoms with E-state index in [1.54, 1.807) is 0 Å². The maximum Gasteiger partial charge on any atom is 0.508 e. The van der Waals surface area contributed by atoms with Crippen molar-refractivity contribution in [2.24, 2.45) is 0 Å². The van der Waals surface area contributed by atoms with Crippen molar-refractivity contribution >= 4 is 16.3 Å². The summed E-state index contributed by atoms with van der Waals surface area (Å²) in [6.07, 6.45) is 3.09. The van der Waals surface area contributed by atoms with Crippen LogP contribution >= 0.6 is 0 Å². The second kappa shape index (κ2) is 5.05. The molecule has 1 saturated heterocycles. The summed E-state index contributed by atoms with van der Waals surface area (Å²) >= 11 is 0. The molecule has 7 heteroatoms. The average Bonchev–Trinajstić information content (AvgIpc) is 2.53. The molecule has 6 nitrogen and oxygen atoms in total. The van der Waals surface area contributed by atoms with Gasteiger partial charge in [-0.15, -0.1) is 0 Å². The molecule has 1 aliphatic carbocycles. The fraction of sp³-hybridized carbons (Fsp3) is 0.909. The third-order valence-corrected chi connectivity index (χ3v) is 5.48. The second-order valence-electron chi connectivity index (χ2n) is 5.08. The lowest BCUT2D eigenvalue weighted by Gasteiger charge is -2.30. The summed E-state index contributed by atoms with van der Waals surface area (Å²) in [6, 6.07) is 0. The monoisotopic (exact) mass is 278 g/mol. The molecule has 104 valence electrons. The first-order chi connectivity index (χ1) is 8.43. The first-order valence-corrected chi connectivity index (χ1v) is 7.67. The summed E-state index contributed by atoms with van der Waals surface area (Å²) in [5.74, 6) is 0. The molecule has 2 fully saturated rings. The molecule has 1 heterocycles. The van der Waals surface area contributed by atoms with E-state index in [1.165, 1.54) is 0 Å². The van der Waals surface area contributed by atoms with Gasteiger partial charge in [0.2, 0.25) is 0 Å². The van der Waals surface area contributed by atoms with Gasteiger partial charge in [-0.1, -0.05) is 25.7 Å². The number of carbonyl (C=O) groups is 1. The van der Waals surface area contributed by atoms with Crippen LogP contribution in [-0.4, -0.2) is 36.6 Å². The van der Waals surface area contributed by atoms with E-state index >= 15 is 0 Å². The van der Waals surface area contributed by atoms with Gasteiger partial charge in [0.25, 0.3) is 10.1 Å². The molecule has 2 aliphatic rings. The van der Waals surface area contributed by atoms with Crippen LogP contribution in [0.1, 0.15) is 44.9 Å². The minimum Gasteiger partial charge on any atom is -0.430 e. The van der Waals surface area contributed by atoms with E-state index in [0.717, 1.165) is 25.7 Å². The standard InChI is InChI=1S/C11H18O6S/c12-10-16-8-9(17-10)7-11(18(13,14)15)5-3-1-2-4-6-11/h9H,1-8H2,(H,13,14,15). The molecule has 0 radical (unpaired) electrons. The molecule has 1 unspecified atom stereocenters. The molecule has 1 atom stereocenters. The Kier molecular flexibility index (Phi) is 3.82. The summed E-state index contributed by atoms with van der Waals surface area (Å²) in [5, 5.41) is 0. The minimum absolute atomic E-state index is 0.0656. The van der Waals surface area contributed by atoms with Crippen LogP contribution in [-0.2, 0) is 19.6 Å². The molecular formula is C11H18O6S. The van der Waals surface area contributed by atoms with E-state index in [1.807, 2.05) is 0 Å². The van der Waals surface area contributed by atoms with Crippen LogP contribution in [0.2, 0.25) is 0 Å². The fourth-order valence-electron chi connectivity index (χ4n) is 2.82. The Morgan fingerprint density at radius 1 is 1.22 bits per heavy atom. The van der Waals surface area contributed by atoms with Gasteiger partial charge in [-0.2, -0.15) is 8.42 Å². The third kappa shape index (κ3) is 2.77. The van der Waals surface area contributed by atoms with Gasteiger partial charge in [-0.25, -0.2) is 4.79 Å². The molecule has 2 rings (SSSR count). The Balaban J connectivity index is 2.16. The summed E-state index contributed by atoms with van der Waals surface area (Å²) in [6.45, 7) is 0.0656. The molecule has 0 aromatic carbocycles. The third-order valence-electron chi connectivity index (χ3n) is 3.81. The van der Waals surface area contributed by atoms with Gasteiger partial charge in [0.1, 0.15) is 17.5 Å². The van der Waals surface area contributed by atoms with Crippen molar-refractivity contribution < 1.29 is 27.2 Å². The molecule has 0 aromatic heterocycles. The van der Waals surface area contributed by atoms with Gasteiger partial charge < -0.3 is 9.47 Å². The zero-order valence-electron chi connectivity index (χ0n) is 10.1. The summed E-state index contributed by atoms with van der Waals surface area (Å²) < 4.78 is 41.3. The first-order valence-electron chi connectivity index (χ1n) is 6.23. The topological polar surface area (TPSA) is 89.9 Å². The van der Waals surface area contributed by atoms with E-state index in [2.05, 4.69) is 4.74 Å². The molecule has 18 heavy (non-hydrogen) atoms. The fourth-order valence-corrected chi connectivity index (χ4v) is 4.02. The lowest BCUT2D eigenvalue weighted by molar-refractivity contribution is 0.111. The Morgan fingerprint density at radius 2 is 1.83 bits per heavy atom. The summed E-state index contributed by atoms with van der Waals surface area (Å²) in [4.78, 5) is 10.9. The van der Waals surface area contributed by atoms with Crippen LogP contribution in [0.3, 0.4) is 0 Å². The van der Waals surface area contributed by atoms with Crippen molar-refractivity contribution in [1.82, 2.24) is 0 Å². The number of cyclic esters (lactones) is 2. The molecule has 1 aliphatic heterocycles. The van der Waals surface area contributed by atoms with E-state index in [-0.39, 0.29) is 13.0 Å². The van der Waals surface area contributed by atoms with Gasteiger partial charge in [0.05, 0.1) is 0 Å². The summed E-state index contributed by atoms with van der Waals surface area (Å²) in [5.41, 5.74) is 0. The number of ether oxygens (including phenoxy) is 2. The Morgan fingerprint density at radius 3 is 2.28 bits per heavy atom. The first kappa shape index (κ1) is 13.6. The maximum atomic E-state index is 11.7. The molecule has 1 saturated carbocycles. The highest BCUT2D eigenvalue weighted by atomic mass is 32.2. The predicted molar refractivity (Wildman–Crippen MR) is 62.8 cm³/mol. The van der Waals surface area contributed by atoms with Crippen molar-refractivity contribution in [3.8, 4) is 0 Å². The molecule has 1 N–H and O–H groups in total. The highest BCUT2D eigenvalue weighted by molar-refractivity contribution is 7.87. The smallest absolute Gasteiger partial charge is 0.430 e. The van der Waals surface area contributed by atoms with Crippen molar-refractivity contribution in [1.29, 1.82) is 0 Å². The molecular weight excluding hydrogens is 260 g/mol. The zero-order valence-corrected chi connectivity index (χ0v) is 10.9. The van der Waals surface area contributed by atoms with Crippen molar-refractivity contribution in [3.63, 3.8) is 0 Å². The number of hydrogen-bond acceptors (Lipinski definition) is 5. The SMILES string of the molecule is O=C1OCC(CC2(S(=O)(=O)O)CCCCCC2)O1. The lowest BCUT2D eigenvalue weighted by atomic mass is 9.92. The van der Waals surface area contributed by atoms with E-state index in [4.69, 9.17) is 4.74 Å². The Hall–Kier alpha value is -0.820. The zero-order chi connectivity index (χ0) is 13.2. The minimum atomic E-state index is -4.16. The number of carbonyl (C=O) groups excluding carboxylic acids is 1. The Labute approximate surface area is 106 Å². The van der Waals surface area contributed by atoms with Gasteiger partial charge in [-0.05, 0) is 12.8 Å². The van der Waals surface area contributed by atoms with Gasteiger partial charge in [-0.3, -0.25) is 4.55 Å². The highest BCUT2D eigenvalue weighted by Crippen LogP contribution is 2.38. The van der Waals surface area contributed by atoms with Crippen molar-refractivity contribution in [2.45, 2.75) is 55.8 Å². The van der Waals surface area contributed by atoms with Crippen molar-refractivity contribution in [3.05, 3.63) is 0 Å². The average molecular weight is 278 g/mol. The maximum absolute atomic E-state index is 11.7. The van der Waals surface area contributed by atoms with Crippen LogP contribution in [0.5, 0.6) is 0 Å². The van der Waals surface area contributed by atoms with Gasteiger partial charge >= 0.3 is 6.16 Å². The largest absolute Gasteiger partial charge is 0.508 e. The number of hydrogen-bond donors (Lipinski definition) is 1. The van der Waals surface area contributed by atoms with Crippen LogP contribution < -0.4 is 0 Å². The van der Waals surface area contributed by atoms with Crippen LogP contribution in [0, 0.1) is 0 Å². The summed E-state index contributed by atoms with van der Waals surface area (Å²) in [7, 11) is -4.16. The molecule has 0 aromatic rings. The van der Waals surface area contributed by atoms with Crippen LogP contribution in [0.15, 0.2) is 0 Å². The Bertz CT molecular complexity index is 407. The number of rotatable bonds is 3. The quantitative estimate of drug-likeness (QED) is 0.481. The highest BCUT2D eigenvalue weighted by Gasteiger charge is 2.46. The van der Waals surface area contributed by atoms with Crippen LogP contribution in [0.4, 0.5) is 4.79 Å². The van der Waals surface area contributed by atoms with Gasteiger partial charge in [0.15, 0.2) is 0 Å². The van der Waals surface area contributed by atoms with E-state index in [0.29, 0.717) is 12.8 Å². The molecule has 0 spiro atoms. The molecule has 0 bridgehead atoms. The predicted octanol–water partition coefficient (Wildman–Crippen LogP) is 1.89. The van der Waals surface area contributed by atoms with Gasteiger partial charge in [0, 0.05) is 6.42 Å². The van der Waals surface area contributed by atoms with Crippen LogP contribution in [0.25, 0.3) is 0 Å².